The van der Waals surface area contributed by atoms with Crippen molar-refractivity contribution in [3.05, 3.63) is 66.0 Å². The Morgan fingerprint density at radius 1 is 1.20 bits per heavy atom. The standard InChI is InChI=1S/C21H24N2O2/c24-20(17-7-2-1-3-8-17)23-13-18-9-6-11-21(18,15-23)16-25-14-19-10-4-5-12-22-19/h1-5,7-8,10,12,18H,6,9,11,13-16H2/t18-,21+/m0/s1. The topological polar surface area (TPSA) is 42.4 Å². The molecular weight excluding hydrogens is 312 g/mol. The van der Waals surface area contributed by atoms with E-state index in [1.165, 1.54) is 12.8 Å². The van der Waals surface area contributed by atoms with E-state index in [9.17, 15) is 4.79 Å². The molecule has 1 saturated heterocycles. The van der Waals surface area contributed by atoms with Gasteiger partial charge in [0, 0.05) is 30.3 Å². The van der Waals surface area contributed by atoms with Crippen LogP contribution in [0.4, 0.5) is 0 Å². The number of benzene rings is 1. The average Bonchev–Trinajstić information content (AvgIpc) is 3.20. The van der Waals surface area contributed by atoms with Gasteiger partial charge >= 0.3 is 0 Å². The molecule has 130 valence electrons. The van der Waals surface area contributed by atoms with Crippen LogP contribution in [0.1, 0.15) is 35.3 Å². The van der Waals surface area contributed by atoms with Crippen LogP contribution in [0.5, 0.6) is 0 Å². The number of hydrogen-bond donors (Lipinski definition) is 0. The van der Waals surface area contributed by atoms with Gasteiger partial charge in [0.1, 0.15) is 0 Å². The summed E-state index contributed by atoms with van der Waals surface area (Å²) in [4.78, 5) is 19.1. The first-order valence-electron chi connectivity index (χ1n) is 9.09. The molecule has 1 aromatic heterocycles. The second-order valence-electron chi connectivity index (χ2n) is 7.32. The Morgan fingerprint density at radius 3 is 2.84 bits per heavy atom. The van der Waals surface area contributed by atoms with Gasteiger partial charge in [0.25, 0.3) is 5.91 Å². The van der Waals surface area contributed by atoms with Gasteiger partial charge in [-0.1, -0.05) is 30.7 Å². The number of pyridine rings is 1. The monoisotopic (exact) mass is 336 g/mol. The fourth-order valence-corrected chi connectivity index (χ4v) is 4.41. The molecule has 4 rings (SSSR count). The maximum absolute atomic E-state index is 12.8. The molecule has 1 saturated carbocycles. The van der Waals surface area contributed by atoms with E-state index in [-0.39, 0.29) is 11.3 Å². The van der Waals surface area contributed by atoms with Crippen LogP contribution in [-0.2, 0) is 11.3 Å². The molecule has 1 amide bonds. The zero-order chi connectivity index (χ0) is 17.1. The predicted octanol–water partition coefficient (Wildman–Crippen LogP) is 3.54. The van der Waals surface area contributed by atoms with Crippen molar-refractivity contribution in [3.8, 4) is 0 Å². The molecule has 2 atom stereocenters. The number of carbonyl (C=O) groups excluding carboxylic acids is 1. The minimum absolute atomic E-state index is 0.124. The fraction of sp³-hybridized carbons (Fsp3) is 0.429. The maximum Gasteiger partial charge on any atom is 0.253 e. The molecule has 2 aliphatic rings. The third kappa shape index (κ3) is 3.31. The van der Waals surface area contributed by atoms with Gasteiger partial charge in [-0.25, -0.2) is 0 Å². The van der Waals surface area contributed by atoms with Gasteiger partial charge in [-0.15, -0.1) is 0 Å². The van der Waals surface area contributed by atoms with Gasteiger partial charge in [-0.05, 0) is 43.0 Å². The SMILES string of the molecule is O=C(c1ccccc1)N1C[C@@H]2CCC[C@]2(COCc2ccccn2)C1. The summed E-state index contributed by atoms with van der Waals surface area (Å²) in [6.07, 6.45) is 5.39. The lowest BCUT2D eigenvalue weighted by Crippen LogP contribution is -2.34. The van der Waals surface area contributed by atoms with Gasteiger partial charge < -0.3 is 9.64 Å². The highest BCUT2D eigenvalue weighted by atomic mass is 16.5. The molecule has 1 aliphatic heterocycles. The number of fused-ring (bicyclic) bond motifs is 1. The molecule has 2 aromatic rings. The third-order valence-corrected chi connectivity index (χ3v) is 5.71. The van der Waals surface area contributed by atoms with Crippen molar-refractivity contribution in [1.29, 1.82) is 0 Å². The quantitative estimate of drug-likeness (QED) is 0.839. The van der Waals surface area contributed by atoms with Crippen LogP contribution in [0.3, 0.4) is 0 Å². The van der Waals surface area contributed by atoms with Gasteiger partial charge in [0.2, 0.25) is 0 Å². The summed E-state index contributed by atoms with van der Waals surface area (Å²) in [5, 5.41) is 0. The first-order chi connectivity index (χ1) is 12.3. The highest BCUT2D eigenvalue weighted by molar-refractivity contribution is 5.94. The van der Waals surface area contributed by atoms with Gasteiger partial charge in [0.05, 0.1) is 18.9 Å². The van der Waals surface area contributed by atoms with E-state index in [0.29, 0.717) is 19.1 Å². The summed E-state index contributed by atoms with van der Waals surface area (Å²) in [5.41, 5.74) is 1.87. The molecule has 2 fully saturated rings. The lowest BCUT2D eigenvalue weighted by atomic mass is 9.81. The Bertz CT molecular complexity index is 719. The number of rotatable bonds is 5. The zero-order valence-electron chi connectivity index (χ0n) is 14.4. The van der Waals surface area contributed by atoms with Gasteiger partial charge in [-0.2, -0.15) is 0 Å². The molecule has 1 aromatic carbocycles. The lowest BCUT2D eigenvalue weighted by molar-refractivity contribution is 0.0252. The smallest absolute Gasteiger partial charge is 0.253 e. The van der Waals surface area contributed by atoms with E-state index in [1.54, 1.807) is 6.20 Å². The molecule has 0 N–H and O–H groups in total. The van der Waals surface area contributed by atoms with Gasteiger partial charge in [0.15, 0.2) is 0 Å². The summed E-state index contributed by atoms with van der Waals surface area (Å²) in [7, 11) is 0. The Hall–Kier alpha value is -2.20. The van der Waals surface area contributed by atoms with Crippen molar-refractivity contribution in [2.75, 3.05) is 19.7 Å². The Morgan fingerprint density at radius 2 is 2.04 bits per heavy atom. The van der Waals surface area contributed by atoms with E-state index in [2.05, 4.69) is 4.98 Å². The maximum atomic E-state index is 12.8. The molecule has 0 bridgehead atoms. The van der Waals surface area contributed by atoms with E-state index in [0.717, 1.165) is 30.8 Å². The van der Waals surface area contributed by atoms with Crippen LogP contribution in [0.2, 0.25) is 0 Å². The molecule has 2 heterocycles. The summed E-state index contributed by atoms with van der Waals surface area (Å²) in [6.45, 7) is 2.93. The van der Waals surface area contributed by atoms with Crippen LogP contribution < -0.4 is 0 Å². The summed E-state index contributed by atoms with van der Waals surface area (Å²) in [6, 6.07) is 15.5. The summed E-state index contributed by atoms with van der Waals surface area (Å²) < 4.78 is 6.04. The highest BCUT2D eigenvalue weighted by Crippen LogP contribution is 2.49. The first kappa shape index (κ1) is 16.3. The highest BCUT2D eigenvalue weighted by Gasteiger charge is 2.50. The van der Waals surface area contributed by atoms with Gasteiger partial charge in [-0.3, -0.25) is 9.78 Å². The van der Waals surface area contributed by atoms with Crippen LogP contribution >= 0.6 is 0 Å². The molecule has 0 radical (unpaired) electrons. The number of likely N-dealkylation sites (tertiary alicyclic amines) is 1. The van der Waals surface area contributed by atoms with Crippen molar-refractivity contribution in [2.45, 2.75) is 25.9 Å². The van der Waals surface area contributed by atoms with E-state index < -0.39 is 0 Å². The van der Waals surface area contributed by atoms with Crippen molar-refractivity contribution in [3.63, 3.8) is 0 Å². The number of amides is 1. The Balaban J connectivity index is 1.41. The summed E-state index contributed by atoms with van der Waals surface area (Å²) in [5.74, 6) is 0.711. The molecule has 4 heteroatoms. The molecular formula is C21H24N2O2. The van der Waals surface area contributed by atoms with Crippen molar-refractivity contribution in [2.24, 2.45) is 11.3 Å². The minimum Gasteiger partial charge on any atom is -0.375 e. The first-order valence-corrected chi connectivity index (χ1v) is 9.09. The lowest BCUT2D eigenvalue weighted by Gasteiger charge is -2.28. The second-order valence-corrected chi connectivity index (χ2v) is 7.32. The number of ether oxygens (including phenoxy) is 1. The molecule has 0 unspecified atom stereocenters. The number of hydrogen-bond acceptors (Lipinski definition) is 3. The zero-order valence-corrected chi connectivity index (χ0v) is 14.4. The predicted molar refractivity (Wildman–Crippen MR) is 96.0 cm³/mol. The van der Waals surface area contributed by atoms with Crippen LogP contribution in [0, 0.1) is 11.3 Å². The second kappa shape index (κ2) is 6.96. The molecule has 4 nitrogen and oxygen atoms in total. The third-order valence-electron chi connectivity index (χ3n) is 5.71. The normalized spacial score (nSPS) is 25.1. The van der Waals surface area contributed by atoms with Crippen LogP contribution in [0.15, 0.2) is 54.7 Å². The minimum atomic E-state index is 0.124. The number of nitrogens with zero attached hydrogens (tertiary/aromatic N) is 2. The molecule has 0 spiro atoms. The van der Waals surface area contributed by atoms with E-state index >= 15 is 0 Å². The van der Waals surface area contributed by atoms with E-state index in [4.69, 9.17) is 4.74 Å². The largest absolute Gasteiger partial charge is 0.375 e. The van der Waals surface area contributed by atoms with Crippen LogP contribution in [0.25, 0.3) is 0 Å². The number of carbonyl (C=O) groups is 1. The van der Waals surface area contributed by atoms with Crippen LogP contribution in [-0.4, -0.2) is 35.5 Å². The molecule has 1 aliphatic carbocycles. The van der Waals surface area contributed by atoms with Crippen molar-refractivity contribution < 1.29 is 9.53 Å². The van der Waals surface area contributed by atoms with E-state index in [1.807, 2.05) is 53.4 Å². The Labute approximate surface area is 148 Å². The fourth-order valence-electron chi connectivity index (χ4n) is 4.41. The number of aromatic nitrogens is 1. The van der Waals surface area contributed by atoms with Crippen molar-refractivity contribution in [1.82, 2.24) is 9.88 Å². The Kier molecular flexibility index (Phi) is 4.53. The van der Waals surface area contributed by atoms with Crippen molar-refractivity contribution >= 4 is 5.91 Å². The average molecular weight is 336 g/mol. The summed E-state index contributed by atoms with van der Waals surface area (Å²) >= 11 is 0. The molecule has 25 heavy (non-hydrogen) atoms.